The van der Waals surface area contributed by atoms with E-state index in [1.807, 2.05) is 68.4 Å². The summed E-state index contributed by atoms with van der Waals surface area (Å²) in [6.45, 7) is 12.6. The van der Waals surface area contributed by atoms with E-state index in [0.29, 0.717) is 12.8 Å². The van der Waals surface area contributed by atoms with Gasteiger partial charge in [-0.1, -0.05) is 95.1 Å². The number of ketones is 1. The summed E-state index contributed by atoms with van der Waals surface area (Å²) in [6.07, 6.45) is 2.18. The molecular weight excluding hydrogens is 610 g/mol. The number of Topliss-reactive ketones (excluding diaryl/α,β-unsaturated/α-hetero) is 1. The molecule has 1 unspecified atom stereocenters. The number of amides is 5. The number of aryl methyl sites for hydroxylation is 1. The van der Waals surface area contributed by atoms with E-state index >= 15 is 0 Å². The molecule has 5 atom stereocenters. The Morgan fingerprint density at radius 1 is 0.938 bits per heavy atom. The molecule has 1 aliphatic rings. The molecule has 260 valence electrons. The molecule has 11 nitrogen and oxygen atoms in total. The Bertz CT molecular complexity index is 1470. The Morgan fingerprint density at radius 3 is 2.19 bits per heavy atom. The molecule has 3 rings (SSSR count). The molecule has 48 heavy (non-hydrogen) atoms. The minimum Gasteiger partial charge on any atom is -0.345 e. The molecular formula is C37H51N5O6. The lowest BCUT2D eigenvalue weighted by molar-refractivity contribution is -0.146. The summed E-state index contributed by atoms with van der Waals surface area (Å²) >= 11 is 0. The highest BCUT2D eigenvalue weighted by atomic mass is 16.2. The third-order valence-electron chi connectivity index (χ3n) is 8.70. The summed E-state index contributed by atoms with van der Waals surface area (Å²) in [4.78, 5) is 81.1. The second-order valence-corrected chi connectivity index (χ2v) is 13.8. The minimum atomic E-state index is -1.04. The van der Waals surface area contributed by atoms with Crippen molar-refractivity contribution in [2.45, 2.75) is 117 Å². The molecule has 0 aromatic heterocycles. The number of nitrogens with zero attached hydrogens (tertiary/aromatic N) is 1. The maximum atomic E-state index is 13.8. The topological polar surface area (TPSA) is 154 Å². The van der Waals surface area contributed by atoms with E-state index in [1.54, 1.807) is 27.7 Å². The molecule has 0 radical (unpaired) electrons. The Balaban J connectivity index is 1.75. The first-order valence-electron chi connectivity index (χ1n) is 16.7. The van der Waals surface area contributed by atoms with Crippen LogP contribution < -0.4 is 21.3 Å². The van der Waals surface area contributed by atoms with Gasteiger partial charge in [0.1, 0.15) is 24.2 Å². The predicted molar refractivity (Wildman–Crippen MR) is 183 cm³/mol. The van der Waals surface area contributed by atoms with Crippen LogP contribution in [0, 0.1) is 12.3 Å². The minimum absolute atomic E-state index is 0.182. The van der Waals surface area contributed by atoms with Gasteiger partial charge in [-0.2, -0.15) is 0 Å². The van der Waals surface area contributed by atoms with Crippen LogP contribution in [0.25, 0.3) is 0 Å². The molecule has 2 aromatic carbocycles. The lowest BCUT2D eigenvalue weighted by Crippen LogP contribution is -2.60. The van der Waals surface area contributed by atoms with Gasteiger partial charge in [-0.3, -0.25) is 28.8 Å². The lowest BCUT2D eigenvalue weighted by Gasteiger charge is -2.33. The second-order valence-electron chi connectivity index (χ2n) is 13.8. The van der Waals surface area contributed by atoms with E-state index in [4.69, 9.17) is 0 Å². The van der Waals surface area contributed by atoms with E-state index in [1.165, 1.54) is 11.8 Å². The smallest absolute Gasteiger partial charge is 0.289 e. The van der Waals surface area contributed by atoms with Crippen LogP contribution in [-0.2, 0) is 41.7 Å². The Morgan fingerprint density at radius 2 is 1.58 bits per heavy atom. The van der Waals surface area contributed by atoms with Crippen LogP contribution >= 0.6 is 0 Å². The summed E-state index contributed by atoms with van der Waals surface area (Å²) < 4.78 is 0. The van der Waals surface area contributed by atoms with Gasteiger partial charge in [-0.15, -0.1) is 0 Å². The highest BCUT2D eigenvalue weighted by Crippen LogP contribution is 2.27. The summed E-state index contributed by atoms with van der Waals surface area (Å²) in [6, 6.07) is 12.5. The van der Waals surface area contributed by atoms with E-state index in [0.717, 1.165) is 23.1 Å². The molecule has 0 bridgehead atoms. The van der Waals surface area contributed by atoms with Crippen molar-refractivity contribution in [1.29, 1.82) is 0 Å². The molecule has 1 saturated heterocycles. The van der Waals surface area contributed by atoms with Crippen molar-refractivity contribution in [3.05, 3.63) is 71.3 Å². The van der Waals surface area contributed by atoms with Crippen molar-refractivity contribution in [3.8, 4) is 0 Å². The van der Waals surface area contributed by atoms with Crippen LogP contribution in [0.2, 0.25) is 0 Å². The van der Waals surface area contributed by atoms with Crippen molar-refractivity contribution in [2.75, 3.05) is 0 Å². The monoisotopic (exact) mass is 661 g/mol. The Hall–Kier alpha value is -4.54. The normalized spacial score (nSPS) is 18.0. The van der Waals surface area contributed by atoms with Crippen LogP contribution in [0.4, 0.5) is 0 Å². The number of benzene rings is 2. The lowest BCUT2D eigenvalue weighted by atomic mass is 9.85. The molecule has 2 aromatic rings. The molecule has 1 heterocycles. The predicted octanol–water partition coefficient (Wildman–Crippen LogP) is 3.12. The van der Waals surface area contributed by atoms with Gasteiger partial charge < -0.3 is 26.2 Å². The number of hydrogen-bond acceptors (Lipinski definition) is 6. The van der Waals surface area contributed by atoms with Gasteiger partial charge in [0.2, 0.25) is 29.4 Å². The van der Waals surface area contributed by atoms with Gasteiger partial charge in [0, 0.05) is 25.9 Å². The fraction of sp³-hybridized carbons (Fsp3) is 0.514. The van der Waals surface area contributed by atoms with E-state index in [-0.39, 0.29) is 25.3 Å². The summed E-state index contributed by atoms with van der Waals surface area (Å²) in [5.74, 6) is -3.37. The standard InChI is InChI=1S/C37H51N5O6/c1-8-9-19-30(31(44)34(46)38-22-26-16-11-10-12-17-26)42-24(3)20-29(36(42)48)40-35(47)32(37(5,6)7)41-33(45)28(39-25(4)43)21-27-18-14-13-15-23(27)2/h10-18,24,28-30,32H,8-9,19-22H2,1-7H3,(H,38,46)(H,39,43)(H,40,47)(H,41,45)/t24?,28-,29-,30-,32+/m0/s1. The molecule has 0 aliphatic carbocycles. The van der Waals surface area contributed by atoms with Crippen molar-refractivity contribution < 1.29 is 28.8 Å². The van der Waals surface area contributed by atoms with Gasteiger partial charge in [0.05, 0.1) is 0 Å². The third-order valence-corrected chi connectivity index (χ3v) is 8.70. The molecule has 4 N–H and O–H groups in total. The van der Waals surface area contributed by atoms with Crippen molar-refractivity contribution >= 4 is 35.3 Å². The van der Waals surface area contributed by atoms with Crippen LogP contribution in [0.1, 0.15) is 83.9 Å². The summed E-state index contributed by atoms with van der Waals surface area (Å²) in [5, 5.41) is 11.0. The van der Waals surface area contributed by atoms with Crippen LogP contribution in [0.15, 0.2) is 54.6 Å². The highest BCUT2D eigenvalue weighted by molar-refractivity contribution is 6.38. The van der Waals surface area contributed by atoms with Gasteiger partial charge >= 0.3 is 0 Å². The average Bonchev–Trinajstić information content (AvgIpc) is 3.30. The number of unbranched alkanes of at least 4 members (excludes halogenated alkanes) is 1. The molecule has 0 spiro atoms. The fourth-order valence-electron chi connectivity index (χ4n) is 6.03. The Labute approximate surface area is 284 Å². The summed E-state index contributed by atoms with van der Waals surface area (Å²) in [5.41, 5.74) is 1.94. The number of carbonyl (C=O) groups is 6. The van der Waals surface area contributed by atoms with E-state index in [9.17, 15) is 28.8 Å². The zero-order valence-electron chi connectivity index (χ0n) is 29.2. The first-order chi connectivity index (χ1) is 22.6. The second kappa shape index (κ2) is 17.0. The summed E-state index contributed by atoms with van der Waals surface area (Å²) in [7, 11) is 0. The highest BCUT2D eigenvalue weighted by Gasteiger charge is 2.46. The maximum absolute atomic E-state index is 13.8. The molecule has 11 heteroatoms. The van der Waals surface area contributed by atoms with Gasteiger partial charge in [0.15, 0.2) is 0 Å². The number of carbonyl (C=O) groups excluding carboxylic acids is 6. The maximum Gasteiger partial charge on any atom is 0.289 e. The van der Waals surface area contributed by atoms with Crippen LogP contribution in [0.5, 0.6) is 0 Å². The number of rotatable bonds is 15. The molecule has 5 amide bonds. The quantitative estimate of drug-likeness (QED) is 0.215. The van der Waals surface area contributed by atoms with Crippen molar-refractivity contribution in [2.24, 2.45) is 5.41 Å². The van der Waals surface area contributed by atoms with E-state index in [2.05, 4.69) is 21.3 Å². The van der Waals surface area contributed by atoms with Crippen molar-refractivity contribution in [3.63, 3.8) is 0 Å². The zero-order valence-corrected chi connectivity index (χ0v) is 29.2. The van der Waals surface area contributed by atoms with Crippen LogP contribution in [-0.4, -0.2) is 70.4 Å². The molecule has 1 aliphatic heterocycles. The molecule has 0 saturated carbocycles. The molecule has 1 fully saturated rings. The Kier molecular flexibility index (Phi) is 13.5. The fourth-order valence-corrected chi connectivity index (χ4v) is 6.03. The average molecular weight is 662 g/mol. The number of hydrogen-bond donors (Lipinski definition) is 4. The largest absolute Gasteiger partial charge is 0.345 e. The van der Waals surface area contributed by atoms with Crippen molar-refractivity contribution in [1.82, 2.24) is 26.2 Å². The van der Waals surface area contributed by atoms with Crippen LogP contribution in [0.3, 0.4) is 0 Å². The van der Waals surface area contributed by atoms with Gasteiger partial charge in [0.25, 0.3) is 5.91 Å². The number of likely N-dealkylation sites (tertiary alicyclic amines) is 1. The zero-order chi connectivity index (χ0) is 35.6. The SMILES string of the molecule is CCCC[C@@H](C(=O)C(=O)NCc1ccccc1)N1C(=O)[C@@H](NC(=O)[C@@H](NC(=O)[C@H](Cc2ccccc2C)NC(C)=O)C(C)(C)C)CC1C. The van der Waals surface area contributed by atoms with E-state index < -0.39 is 65.0 Å². The number of nitrogens with one attached hydrogen (secondary N) is 4. The van der Waals surface area contributed by atoms with Gasteiger partial charge in [-0.25, -0.2) is 0 Å². The third kappa shape index (κ3) is 10.2. The first kappa shape index (κ1) is 37.9. The first-order valence-corrected chi connectivity index (χ1v) is 16.7. The van der Waals surface area contributed by atoms with Gasteiger partial charge in [-0.05, 0) is 48.8 Å².